The lowest BCUT2D eigenvalue weighted by atomic mass is 10.3. The van der Waals surface area contributed by atoms with Gasteiger partial charge in [0.1, 0.15) is 6.26 Å². The Morgan fingerprint density at radius 1 is 1.86 bits per heavy atom. The zero-order valence-corrected chi connectivity index (χ0v) is 4.14. The predicted octanol–water partition coefficient (Wildman–Crippen LogP) is 1.17. The van der Waals surface area contributed by atoms with E-state index >= 15 is 0 Å². The molecular weight excluding hydrogens is 90.1 g/mol. The van der Waals surface area contributed by atoms with Crippen molar-refractivity contribution in [2.75, 3.05) is 0 Å². The minimum atomic E-state index is 0.861. The molecular formula is C5H6NO. The molecule has 0 aromatic carbocycles. The molecule has 0 aliphatic heterocycles. The molecule has 1 heterocycles. The van der Waals surface area contributed by atoms with Gasteiger partial charge in [-0.2, -0.15) is 0 Å². The molecule has 0 unspecified atom stereocenters. The lowest BCUT2D eigenvalue weighted by molar-refractivity contribution is 0.414. The third-order valence-electron chi connectivity index (χ3n) is 0.849. The van der Waals surface area contributed by atoms with Crippen LogP contribution in [0, 0.1) is 13.8 Å². The molecule has 0 aliphatic rings. The van der Waals surface area contributed by atoms with Crippen molar-refractivity contribution < 1.29 is 4.52 Å². The first-order valence-electron chi connectivity index (χ1n) is 2.03. The van der Waals surface area contributed by atoms with E-state index in [1.165, 1.54) is 6.26 Å². The Morgan fingerprint density at radius 3 is 2.71 bits per heavy atom. The van der Waals surface area contributed by atoms with Crippen molar-refractivity contribution in [1.82, 2.24) is 5.16 Å². The van der Waals surface area contributed by atoms with Crippen LogP contribution in [0.2, 0.25) is 0 Å². The maximum Gasteiger partial charge on any atom is 0.127 e. The Labute approximate surface area is 42.1 Å². The van der Waals surface area contributed by atoms with E-state index in [4.69, 9.17) is 0 Å². The Morgan fingerprint density at radius 2 is 2.57 bits per heavy atom. The van der Waals surface area contributed by atoms with Crippen LogP contribution in [0.4, 0.5) is 0 Å². The van der Waals surface area contributed by atoms with Gasteiger partial charge in [-0.05, 0) is 13.8 Å². The van der Waals surface area contributed by atoms with Crippen molar-refractivity contribution in [2.45, 2.75) is 6.92 Å². The van der Waals surface area contributed by atoms with Crippen molar-refractivity contribution in [3.8, 4) is 0 Å². The van der Waals surface area contributed by atoms with Crippen molar-refractivity contribution in [1.29, 1.82) is 0 Å². The second kappa shape index (κ2) is 1.37. The van der Waals surface area contributed by atoms with E-state index in [1.807, 2.05) is 6.92 Å². The normalized spacial score (nSPS) is 9.43. The maximum absolute atomic E-state index is 4.53. The summed E-state index contributed by atoms with van der Waals surface area (Å²) < 4.78 is 4.53. The van der Waals surface area contributed by atoms with E-state index in [0.717, 1.165) is 11.3 Å². The topological polar surface area (TPSA) is 26.0 Å². The van der Waals surface area contributed by atoms with E-state index in [2.05, 4.69) is 16.6 Å². The summed E-state index contributed by atoms with van der Waals surface area (Å²) in [6, 6.07) is 0. The van der Waals surface area contributed by atoms with Crippen LogP contribution < -0.4 is 0 Å². The van der Waals surface area contributed by atoms with E-state index in [1.54, 1.807) is 0 Å². The van der Waals surface area contributed by atoms with E-state index in [0.29, 0.717) is 0 Å². The molecule has 0 saturated heterocycles. The lowest BCUT2D eigenvalue weighted by Crippen LogP contribution is -1.69. The molecule has 0 spiro atoms. The molecule has 0 saturated carbocycles. The smallest absolute Gasteiger partial charge is 0.127 e. The SMILES string of the molecule is [CH2]c1conc1C. The van der Waals surface area contributed by atoms with Crippen LogP contribution in [-0.2, 0) is 0 Å². The zero-order valence-electron chi connectivity index (χ0n) is 4.14. The fraction of sp³-hybridized carbons (Fsp3) is 0.200. The summed E-state index contributed by atoms with van der Waals surface area (Å²) in [6.45, 7) is 5.48. The first kappa shape index (κ1) is 4.37. The average Bonchev–Trinajstić information content (AvgIpc) is 1.91. The summed E-state index contributed by atoms with van der Waals surface area (Å²) in [7, 11) is 0. The summed E-state index contributed by atoms with van der Waals surface area (Å²) in [6.07, 6.45) is 1.52. The molecule has 0 N–H and O–H groups in total. The van der Waals surface area contributed by atoms with Crippen LogP contribution in [0.15, 0.2) is 10.8 Å². The average molecular weight is 96.1 g/mol. The summed E-state index contributed by atoms with van der Waals surface area (Å²) in [5, 5.41) is 3.58. The minimum Gasteiger partial charge on any atom is -0.364 e. The van der Waals surface area contributed by atoms with Crippen LogP contribution in [-0.4, -0.2) is 5.16 Å². The van der Waals surface area contributed by atoms with Gasteiger partial charge in [0.2, 0.25) is 0 Å². The maximum atomic E-state index is 4.53. The summed E-state index contributed by atoms with van der Waals surface area (Å²) >= 11 is 0. The van der Waals surface area contributed by atoms with Gasteiger partial charge in [-0.3, -0.25) is 0 Å². The van der Waals surface area contributed by atoms with Crippen LogP contribution in [0.5, 0.6) is 0 Å². The van der Waals surface area contributed by atoms with Gasteiger partial charge < -0.3 is 4.52 Å². The number of nitrogens with zero attached hydrogens (tertiary/aromatic N) is 1. The van der Waals surface area contributed by atoms with Gasteiger partial charge in [-0.1, -0.05) is 5.16 Å². The molecule has 0 aliphatic carbocycles. The predicted molar refractivity (Wildman–Crippen MR) is 25.7 cm³/mol. The molecule has 1 aromatic heterocycles. The van der Waals surface area contributed by atoms with Crippen molar-refractivity contribution in [3.63, 3.8) is 0 Å². The molecule has 37 valence electrons. The summed E-state index contributed by atoms with van der Waals surface area (Å²) in [5.41, 5.74) is 1.72. The van der Waals surface area contributed by atoms with Crippen molar-refractivity contribution in [3.05, 3.63) is 24.4 Å². The first-order valence-corrected chi connectivity index (χ1v) is 2.03. The van der Waals surface area contributed by atoms with E-state index < -0.39 is 0 Å². The van der Waals surface area contributed by atoms with Crippen LogP contribution >= 0.6 is 0 Å². The zero-order chi connectivity index (χ0) is 5.28. The second-order valence-corrected chi connectivity index (χ2v) is 1.43. The Bertz CT molecular complexity index is 140. The number of rotatable bonds is 0. The van der Waals surface area contributed by atoms with Gasteiger partial charge >= 0.3 is 0 Å². The van der Waals surface area contributed by atoms with E-state index in [-0.39, 0.29) is 0 Å². The third kappa shape index (κ3) is 0.633. The third-order valence-corrected chi connectivity index (χ3v) is 0.849. The van der Waals surface area contributed by atoms with Crippen molar-refractivity contribution in [2.24, 2.45) is 0 Å². The summed E-state index contributed by atoms with van der Waals surface area (Å²) in [4.78, 5) is 0. The monoisotopic (exact) mass is 96.0 g/mol. The first-order chi connectivity index (χ1) is 3.30. The minimum absolute atomic E-state index is 0.861. The fourth-order valence-electron chi connectivity index (χ4n) is 0.313. The Kier molecular flexibility index (Phi) is 0.855. The fourth-order valence-corrected chi connectivity index (χ4v) is 0.313. The van der Waals surface area contributed by atoms with Gasteiger partial charge in [0, 0.05) is 5.56 Å². The highest BCUT2D eigenvalue weighted by Crippen LogP contribution is 1.99. The quantitative estimate of drug-likeness (QED) is 0.484. The Balaban J connectivity index is 3.12. The molecule has 0 atom stereocenters. The second-order valence-electron chi connectivity index (χ2n) is 1.43. The highest BCUT2D eigenvalue weighted by molar-refractivity contribution is 5.14. The van der Waals surface area contributed by atoms with Gasteiger partial charge in [0.25, 0.3) is 0 Å². The molecule has 7 heavy (non-hydrogen) atoms. The highest BCUT2D eigenvalue weighted by atomic mass is 16.5. The van der Waals surface area contributed by atoms with Gasteiger partial charge in [-0.15, -0.1) is 0 Å². The molecule has 0 bridgehead atoms. The molecule has 2 nitrogen and oxygen atoms in total. The number of aryl methyl sites for hydroxylation is 1. The van der Waals surface area contributed by atoms with Crippen LogP contribution in [0.3, 0.4) is 0 Å². The molecule has 0 amide bonds. The molecule has 1 rings (SSSR count). The van der Waals surface area contributed by atoms with Gasteiger partial charge in [0.05, 0.1) is 5.69 Å². The lowest BCUT2D eigenvalue weighted by Gasteiger charge is -1.73. The number of hydrogen-bond donors (Lipinski definition) is 0. The standard InChI is InChI=1S/C5H6NO/c1-4-3-7-6-5(4)2/h3H,1H2,2H3. The molecule has 0 fully saturated rings. The molecule has 2 heteroatoms. The van der Waals surface area contributed by atoms with Gasteiger partial charge in [0.15, 0.2) is 0 Å². The summed E-state index contributed by atoms with van der Waals surface area (Å²) in [5.74, 6) is 0. The van der Waals surface area contributed by atoms with E-state index in [9.17, 15) is 0 Å². The molecule has 1 radical (unpaired) electrons. The Hall–Kier alpha value is -0.790. The van der Waals surface area contributed by atoms with Crippen LogP contribution in [0.1, 0.15) is 11.3 Å². The number of hydrogen-bond acceptors (Lipinski definition) is 2. The van der Waals surface area contributed by atoms with Gasteiger partial charge in [-0.25, -0.2) is 0 Å². The highest BCUT2D eigenvalue weighted by Gasteiger charge is 1.91. The molecule has 1 aromatic rings. The largest absolute Gasteiger partial charge is 0.364 e. The van der Waals surface area contributed by atoms with Crippen LogP contribution in [0.25, 0.3) is 0 Å². The van der Waals surface area contributed by atoms with Crippen molar-refractivity contribution >= 4 is 0 Å². The number of aromatic nitrogens is 1.